The second kappa shape index (κ2) is 1.86. The molecular formula is C5H9FN2O. The zero-order chi connectivity index (χ0) is 6.91. The molecule has 1 saturated heterocycles. The fourth-order valence-corrected chi connectivity index (χ4v) is 0.654. The smallest absolute Gasteiger partial charge is 0.315 e. The molecule has 0 unspecified atom stereocenters. The van der Waals surface area contributed by atoms with Gasteiger partial charge < -0.3 is 10.6 Å². The summed E-state index contributed by atoms with van der Waals surface area (Å²) in [5.74, 6) is 0. The monoisotopic (exact) mass is 132 g/mol. The highest BCUT2D eigenvalue weighted by atomic mass is 19.1. The molecule has 0 aromatic carbocycles. The molecule has 0 aromatic rings. The van der Waals surface area contributed by atoms with Crippen LogP contribution in [0.4, 0.5) is 9.18 Å². The third kappa shape index (κ3) is 1.55. The number of carbonyl (C=O) groups is 1. The summed E-state index contributed by atoms with van der Waals surface area (Å²) in [5, 5.41) is 4.69. The van der Waals surface area contributed by atoms with Gasteiger partial charge in [0.15, 0.2) is 0 Å². The average molecular weight is 132 g/mol. The van der Waals surface area contributed by atoms with Crippen LogP contribution in [0.25, 0.3) is 0 Å². The summed E-state index contributed by atoms with van der Waals surface area (Å²) < 4.78 is 12.8. The molecule has 0 bridgehead atoms. The Morgan fingerprint density at radius 1 is 1.56 bits per heavy atom. The molecule has 0 aliphatic carbocycles. The minimum Gasteiger partial charge on any atom is -0.335 e. The van der Waals surface area contributed by atoms with Crippen LogP contribution in [0.5, 0.6) is 0 Å². The van der Waals surface area contributed by atoms with Crippen LogP contribution in [0, 0.1) is 0 Å². The first-order chi connectivity index (χ1) is 4.10. The number of carbonyl (C=O) groups excluding carboxylic acids is 1. The number of amides is 2. The molecule has 0 radical (unpaired) electrons. The van der Waals surface area contributed by atoms with Gasteiger partial charge in [-0.05, 0) is 6.92 Å². The van der Waals surface area contributed by atoms with Crippen molar-refractivity contribution in [3.05, 3.63) is 0 Å². The van der Waals surface area contributed by atoms with E-state index < -0.39 is 5.67 Å². The Morgan fingerprint density at radius 2 is 2.00 bits per heavy atom. The molecule has 1 aliphatic rings. The molecule has 2 amide bonds. The lowest BCUT2D eigenvalue weighted by Gasteiger charge is -2.26. The fourth-order valence-electron chi connectivity index (χ4n) is 0.654. The highest BCUT2D eigenvalue weighted by molar-refractivity contribution is 5.74. The molecule has 1 heterocycles. The van der Waals surface area contributed by atoms with Gasteiger partial charge in [-0.1, -0.05) is 0 Å². The lowest BCUT2D eigenvalue weighted by atomic mass is 10.1. The average Bonchev–Trinajstić information content (AvgIpc) is 1.78. The molecule has 0 spiro atoms. The molecule has 0 aromatic heterocycles. The summed E-state index contributed by atoms with van der Waals surface area (Å²) in [6.45, 7) is 1.66. The zero-order valence-corrected chi connectivity index (χ0v) is 5.20. The van der Waals surface area contributed by atoms with Crippen LogP contribution in [0.2, 0.25) is 0 Å². The van der Waals surface area contributed by atoms with E-state index in [0.29, 0.717) is 0 Å². The van der Waals surface area contributed by atoms with Gasteiger partial charge in [0.1, 0.15) is 5.67 Å². The first-order valence-electron chi connectivity index (χ1n) is 2.81. The summed E-state index contributed by atoms with van der Waals surface area (Å²) in [7, 11) is 0. The van der Waals surface area contributed by atoms with E-state index in [2.05, 4.69) is 10.6 Å². The standard InChI is InChI=1S/C5H9FN2O/c1-5(6)2-7-4(9)8-3-5/h2-3H2,1H3,(H2,7,8,9). The van der Waals surface area contributed by atoms with Crippen LogP contribution in [0.1, 0.15) is 6.92 Å². The minimum absolute atomic E-state index is 0.110. The van der Waals surface area contributed by atoms with E-state index in [1.807, 2.05) is 0 Å². The Labute approximate surface area is 52.6 Å². The summed E-state index contributed by atoms with van der Waals surface area (Å²) in [6, 6.07) is -0.287. The number of halogens is 1. The molecule has 1 aliphatic heterocycles. The Hall–Kier alpha value is -0.800. The molecule has 9 heavy (non-hydrogen) atoms. The molecule has 0 atom stereocenters. The number of alkyl halides is 1. The van der Waals surface area contributed by atoms with E-state index in [1.54, 1.807) is 0 Å². The van der Waals surface area contributed by atoms with Crippen LogP contribution < -0.4 is 10.6 Å². The number of hydrogen-bond donors (Lipinski definition) is 2. The predicted molar refractivity (Wildman–Crippen MR) is 30.9 cm³/mol. The molecule has 1 rings (SSSR count). The maximum Gasteiger partial charge on any atom is 0.315 e. The van der Waals surface area contributed by atoms with Gasteiger partial charge >= 0.3 is 6.03 Å². The number of nitrogens with one attached hydrogen (secondary N) is 2. The fraction of sp³-hybridized carbons (Fsp3) is 0.800. The first-order valence-corrected chi connectivity index (χ1v) is 2.81. The van der Waals surface area contributed by atoms with Gasteiger partial charge in [0.2, 0.25) is 0 Å². The van der Waals surface area contributed by atoms with Gasteiger partial charge in [0, 0.05) is 0 Å². The van der Waals surface area contributed by atoms with Crippen molar-refractivity contribution in [2.75, 3.05) is 13.1 Å². The van der Waals surface area contributed by atoms with Crippen LogP contribution in [-0.4, -0.2) is 24.8 Å². The molecule has 3 nitrogen and oxygen atoms in total. The van der Waals surface area contributed by atoms with Crippen molar-refractivity contribution in [3.8, 4) is 0 Å². The van der Waals surface area contributed by atoms with Crippen molar-refractivity contribution in [1.82, 2.24) is 10.6 Å². The molecule has 4 heteroatoms. The number of rotatable bonds is 0. The van der Waals surface area contributed by atoms with Crippen molar-refractivity contribution in [2.24, 2.45) is 0 Å². The third-order valence-corrected chi connectivity index (χ3v) is 1.24. The van der Waals surface area contributed by atoms with E-state index >= 15 is 0 Å². The highest BCUT2D eigenvalue weighted by Gasteiger charge is 2.28. The molecule has 2 N–H and O–H groups in total. The van der Waals surface area contributed by atoms with Gasteiger partial charge in [-0.3, -0.25) is 0 Å². The van der Waals surface area contributed by atoms with Crippen LogP contribution in [-0.2, 0) is 0 Å². The van der Waals surface area contributed by atoms with Gasteiger partial charge in [0.25, 0.3) is 0 Å². The Kier molecular flexibility index (Phi) is 1.31. The van der Waals surface area contributed by atoms with Crippen molar-refractivity contribution < 1.29 is 9.18 Å². The predicted octanol–water partition coefficient (Wildman–Crippen LogP) is 0.0274. The minimum atomic E-state index is -1.28. The van der Waals surface area contributed by atoms with Gasteiger partial charge in [0.05, 0.1) is 13.1 Å². The Balaban J connectivity index is 2.44. The SMILES string of the molecule is CC1(F)CNC(=O)NC1. The number of urea groups is 1. The zero-order valence-electron chi connectivity index (χ0n) is 5.20. The normalized spacial score (nSPS) is 24.4. The molecule has 0 saturated carbocycles. The van der Waals surface area contributed by atoms with Crippen LogP contribution in [0.3, 0.4) is 0 Å². The summed E-state index contributed by atoms with van der Waals surface area (Å²) >= 11 is 0. The first kappa shape index (κ1) is 6.32. The van der Waals surface area contributed by atoms with Crippen molar-refractivity contribution in [3.63, 3.8) is 0 Å². The van der Waals surface area contributed by atoms with E-state index in [0.717, 1.165) is 0 Å². The van der Waals surface area contributed by atoms with E-state index in [-0.39, 0.29) is 19.1 Å². The number of hydrogen-bond acceptors (Lipinski definition) is 1. The summed E-state index contributed by atoms with van der Waals surface area (Å²) in [5.41, 5.74) is -1.28. The second-order valence-corrected chi connectivity index (χ2v) is 2.45. The third-order valence-electron chi connectivity index (χ3n) is 1.24. The molecular weight excluding hydrogens is 123 g/mol. The topological polar surface area (TPSA) is 41.1 Å². The van der Waals surface area contributed by atoms with Crippen LogP contribution in [0.15, 0.2) is 0 Å². The van der Waals surface area contributed by atoms with E-state index in [4.69, 9.17) is 0 Å². The molecule has 52 valence electrons. The largest absolute Gasteiger partial charge is 0.335 e. The van der Waals surface area contributed by atoms with Gasteiger partial charge in [-0.25, -0.2) is 9.18 Å². The molecule has 1 fully saturated rings. The summed E-state index contributed by atoms with van der Waals surface area (Å²) in [6.07, 6.45) is 0. The quantitative estimate of drug-likeness (QED) is 0.479. The Morgan fingerprint density at radius 3 is 2.33 bits per heavy atom. The van der Waals surface area contributed by atoms with E-state index in [1.165, 1.54) is 6.92 Å². The lowest BCUT2D eigenvalue weighted by molar-refractivity contribution is 0.156. The maximum atomic E-state index is 12.8. The summed E-state index contributed by atoms with van der Waals surface area (Å²) in [4.78, 5) is 10.4. The van der Waals surface area contributed by atoms with Gasteiger partial charge in [-0.2, -0.15) is 0 Å². The second-order valence-electron chi connectivity index (χ2n) is 2.45. The Bertz CT molecular complexity index is 123. The van der Waals surface area contributed by atoms with E-state index in [9.17, 15) is 9.18 Å². The van der Waals surface area contributed by atoms with Crippen LogP contribution >= 0.6 is 0 Å². The van der Waals surface area contributed by atoms with Crippen molar-refractivity contribution in [2.45, 2.75) is 12.6 Å². The lowest BCUT2D eigenvalue weighted by Crippen LogP contribution is -2.55. The highest BCUT2D eigenvalue weighted by Crippen LogP contribution is 2.08. The van der Waals surface area contributed by atoms with Crippen molar-refractivity contribution >= 4 is 6.03 Å². The van der Waals surface area contributed by atoms with Gasteiger partial charge in [-0.15, -0.1) is 0 Å². The van der Waals surface area contributed by atoms with Crippen molar-refractivity contribution in [1.29, 1.82) is 0 Å². The maximum absolute atomic E-state index is 12.8.